The van der Waals surface area contributed by atoms with Crippen LogP contribution in [0.5, 0.6) is 11.5 Å². The molecule has 0 amide bonds. The lowest BCUT2D eigenvalue weighted by atomic mass is 9.99. The van der Waals surface area contributed by atoms with Crippen molar-refractivity contribution in [3.8, 4) is 11.5 Å². The van der Waals surface area contributed by atoms with Gasteiger partial charge in [-0.15, -0.1) is 0 Å². The molecule has 2 unspecified atom stereocenters. The van der Waals surface area contributed by atoms with Gasteiger partial charge in [-0.25, -0.2) is 0 Å². The molecule has 0 saturated heterocycles. The molecule has 3 nitrogen and oxygen atoms in total. The van der Waals surface area contributed by atoms with Crippen LogP contribution in [0, 0.1) is 13.8 Å². The zero-order valence-electron chi connectivity index (χ0n) is 23.1. The number of rotatable bonds is 12. The molecular weight excluding hydrogens is 488 g/mol. The van der Waals surface area contributed by atoms with Crippen LogP contribution < -0.4 is 9.47 Å². The smallest absolute Gasteiger partial charge is 0.197 e. The summed E-state index contributed by atoms with van der Waals surface area (Å²) in [6.07, 6.45) is 0.777. The molecule has 4 aromatic rings. The zero-order chi connectivity index (χ0) is 26.9. The lowest BCUT2D eigenvalue weighted by molar-refractivity contribution is -0.0739. The molecule has 4 rings (SSSR count). The Bertz CT molecular complexity index is 1210. The summed E-state index contributed by atoms with van der Waals surface area (Å²) in [5, 5.41) is 0. The highest BCUT2D eigenvalue weighted by atomic mass is 32.2. The van der Waals surface area contributed by atoms with Crippen molar-refractivity contribution in [2.24, 2.45) is 0 Å². The predicted molar refractivity (Wildman–Crippen MR) is 158 cm³/mol. The van der Waals surface area contributed by atoms with E-state index in [2.05, 4.69) is 113 Å². The van der Waals surface area contributed by atoms with Crippen molar-refractivity contribution in [2.45, 2.75) is 67.9 Å². The van der Waals surface area contributed by atoms with Crippen molar-refractivity contribution in [1.82, 2.24) is 0 Å². The highest BCUT2D eigenvalue weighted by Crippen LogP contribution is 2.35. The van der Waals surface area contributed by atoms with E-state index in [9.17, 15) is 0 Å². The summed E-state index contributed by atoms with van der Waals surface area (Å²) in [5.74, 6) is 2.30. The standard InChI is InChI=1S/C34H39O3S/c1-6-25(2)29-17-19-30(20-18-29)37-28(5)35-21-22-36-34-26(3)23-33(24-27(34)4)38(31-13-9-7-10-14-31)32-15-11-8-12-16-32/h7-20,23-25,28H,6,21-22H2,1-5H3/q+1. The summed E-state index contributed by atoms with van der Waals surface area (Å²) in [6, 6.07) is 34.3. The second-order valence-corrected chi connectivity index (χ2v) is 11.6. The van der Waals surface area contributed by atoms with Crippen LogP contribution >= 0.6 is 0 Å². The summed E-state index contributed by atoms with van der Waals surface area (Å²) in [6.45, 7) is 11.5. The van der Waals surface area contributed by atoms with Gasteiger partial charge in [-0.05, 0) is 86.2 Å². The number of hydrogen-bond donors (Lipinski definition) is 0. The number of hydrogen-bond acceptors (Lipinski definition) is 3. The Balaban J connectivity index is 1.37. The first kappa shape index (κ1) is 27.8. The third-order valence-electron chi connectivity index (χ3n) is 6.67. The van der Waals surface area contributed by atoms with Gasteiger partial charge >= 0.3 is 0 Å². The van der Waals surface area contributed by atoms with Crippen LogP contribution in [0.1, 0.15) is 49.8 Å². The molecule has 0 aliphatic heterocycles. The largest absolute Gasteiger partial charge is 0.491 e. The molecule has 4 heteroatoms. The summed E-state index contributed by atoms with van der Waals surface area (Å²) in [7, 11) is -0.178. The Kier molecular flexibility index (Phi) is 9.91. The molecule has 0 saturated carbocycles. The first-order valence-corrected chi connectivity index (χ1v) is 14.7. The van der Waals surface area contributed by atoms with Crippen molar-refractivity contribution in [3.05, 3.63) is 114 Å². The van der Waals surface area contributed by atoms with Crippen LogP contribution in [-0.4, -0.2) is 19.5 Å². The van der Waals surface area contributed by atoms with Gasteiger partial charge in [0, 0.05) is 12.1 Å². The highest BCUT2D eigenvalue weighted by molar-refractivity contribution is 7.97. The average Bonchev–Trinajstić information content (AvgIpc) is 2.93. The van der Waals surface area contributed by atoms with Crippen LogP contribution in [0.2, 0.25) is 0 Å². The lowest BCUT2D eigenvalue weighted by Crippen LogP contribution is -2.20. The quantitative estimate of drug-likeness (QED) is 0.105. The van der Waals surface area contributed by atoms with Crippen molar-refractivity contribution >= 4 is 10.9 Å². The Labute approximate surface area is 231 Å². The van der Waals surface area contributed by atoms with Gasteiger partial charge in [-0.2, -0.15) is 0 Å². The molecule has 2 atom stereocenters. The van der Waals surface area contributed by atoms with Gasteiger partial charge in [0.25, 0.3) is 0 Å². The van der Waals surface area contributed by atoms with Gasteiger partial charge in [0.15, 0.2) is 21.0 Å². The minimum absolute atomic E-state index is 0.178. The lowest BCUT2D eigenvalue weighted by Gasteiger charge is -2.18. The Morgan fingerprint density at radius 1 is 0.684 bits per heavy atom. The van der Waals surface area contributed by atoms with Crippen LogP contribution in [-0.2, 0) is 15.6 Å². The monoisotopic (exact) mass is 527 g/mol. The highest BCUT2D eigenvalue weighted by Gasteiger charge is 2.29. The first-order chi connectivity index (χ1) is 18.5. The average molecular weight is 528 g/mol. The molecule has 0 aliphatic rings. The fourth-order valence-corrected chi connectivity index (χ4v) is 6.74. The summed E-state index contributed by atoms with van der Waals surface area (Å²) < 4.78 is 18.0. The first-order valence-electron chi connectivity index (χ1n) is 13.4. The van der Waals surface area contributed by atoms with Crippen LogP contribution in [0.25, 0.3) is 0 Å². The van der Waals surface area contributed by atoms with Gasteiger partial charge in [-0.3, -0.25) is 0 Å². The molecule has 198 valence electrons. The van der Waals surface area contributed by atoms with Crippen molar-refractivity contribution < 1.29 is 14.2 Å². The van der Waals surface area contributed by atoms with E-state index in [4.69, 9.17) is 14.2 Å². The second kappa shape index (κ2) is 13.5. The van der Waals surface area contributed by atoms with E-state index in [1.54, 1.807) is 0 Å². The van der Waals surface area contributed by atoms with Gasteiger partial charge in [0.1, 0.15) is 18.1 Å². The van der Waals surface area contributed by atoms with Crippen molar-refractivity contribution in [1.29, 1.82) is 0 Å². The fraction of sp³-hybridized carbons (Fsp3) is 0.294. The predicted octanol–water partition coefficient (Wildman–Crippen LogP) is 8.73. The number of ether oxygens (including phenoxy) is 3. The third-order valence-corrected chi connectivity index (χ3v) is 8.87. The molecule has 0 aliphatic carbocycles. The van der Waals surface area contributed by atoms with Gasteiger partial charge in [0.05, 0.1) is 17.5 Å². The maximum absolute atomic E-state index is 6.19. The van der Waals surface area contributed by atoms with Crippen molar-refractivity contribution in [2.75, 3.05) is 13.2 Å². The van der Waals surface area contributed by atoms with Gasteiger partial charge in [-0.1, -0.05) is 62.4 Å². The minimum Gasteiger partial charge on any atom is -0.491 e. The number of aryl methyl sites for hydroxylation is 2. The Hall–Kier alpha value is -3.21. The molecule has 0 heterocycles. The molecular formula is C34H39O3S+. The Morgan fingerprint density at radius 2 is 1.24 bits per heavy atom. The summed E-state index contributed by atoms with van der Waals surface area (Å²) in [4.78, 5) is 3.91. The molecule has 0 aromatic heterocycles. The van der Waals surface area contributed by atoms with E-state index in [0.717, 1.165) is 29.0 Å². The van der Waals surface area contributed by atoms with Crippen LogP contribution in [0.3, 0.4) is 0 Å². The Morgan fingerprint density at radius 3 is 1.76 bits per heavy atom. The van der Waals surface area contributed by atoms with Crippen LogP contribution in [0.15, 0.2) is 112 Å². The fourth-order valence-electron chi connectivity index (χ4n) is 4.47. The molecule has 0 bridgehead atoms. The maximum atomic E-state index is 6.19. The van der Waals surface area contributed by atoms with Crippen LogP contribution in [0.4, 0.5) is 0 Å². The molecule has 0 N–H and O–H groups in total. The number of benzene rings is 4. The topological polar surface area (TPSA) is 27.7 Å². The third kappa shape index (κ3) is 7.21. The van der Waals surface area contributed by atoms with E-state index in [-0.39, 0.29) is 17.2 Å². The molecule has 38 heavy (non-hydrogen) atoms. The van der Waals surface area contributed by atoms with Crippen molar-refractivity contribution in [3.63, 3.8) is 0 Å². The SMILES string of the molecule is CCC(C)c1ccc(OC(C)OCCOc2c(C)cc([S+](c3ccccc3)c3ccccc3)cc2C)cc1. The summed E-state index contributed by atoms with van der Waals surface area (Å²) in [5.41, 5.74) is 3.60. The second-order valence-electron chi connectivity index (χ2n) is 9.60. The van der Waals surface area contributed by atoms with E-state index < -0.39 is 0 Å². The molecule has 0 radical (unpaired) electrons. The molecule has 0 fully saturated rings. The van der Waals surface area contributed by atoms with E-state index in [1.807, 2.05) is 19.1 Å². The van der Waals surface area contributed by atoms with Gasteiger partial charge in [0.2, 0.25) is 0 Å². The normalized spacial score (nSPS) is 12.8. The summed E-state index contributed by atoms with van der Waals surface area (Å²) >= 11 is 0. The zero-order valence-corrected chi connectivity index (χ0v) is 24.0. The van der Waals surface area contributed by atoms with E-state index >= 15 is 0 Å². The molecule has 4 aromatic carbocycles. The van der Waals surface area contributed by atoms with E-state index in [0.29, 0.717) is 19.1 Å². The van der Waals surface area contributed by atoms with E-state index in [1.165, 1.54) is 20.2 Å². The minimum atomic E-state index is -0.351. The molecule has 0 spiro atoms. The van der Waals surface area contributed by atoms with Gasteiger partial charge < -0.3 is 14.2 Å². The maximum Gasteiger partial charge on any atom is 0.197 e.